The van der Waals surface area contributed by atoms with Crippen molar-refractivity contribution in [3.8, 4) is 0 Å². The highest BCUT2D eigenvalue weighted by molar-refractivity contribution is 6.31. The summed E-state index contributed by atoms with van der Waals surface area (Å²) in [5.74, 6) is -0.177. The SMILES string of the molecule is O=C[C@@]1(c2ccccc2Cl)C[C@H]1c1ccc(F)cc1. The molecule has 1 nitrogen and oxygen atoms in total. The monoisotopic (exact) mass is 274 g/mol. The first-order chi connectivity index (χ1) is 9.17. The first-order valence-electron chi connectivity index (χ1n) is 6.14. The quantitative estimate of drug-likeness (QED) is 0.770. The number of carbonyl (C=O) groups excluding carboxylic acids is 1. The summed E-state index contributed by atoms with van der Waals surface area (Å²) < 4.78 is 12.9. The average Bonchev–Trinajstić information content (AvgIpc) is 3.16. The predicted octanol–water partition coefficient (Wildman–Crippen LogP) is 4.10. The Morgan fingerprint density at radius 3 is 2.47 bits per heavy atom. The van der Waals surface area contributed by atoms with Crippen molar-refractivity contribution in [2.24, 2.45) is 0 Å². The summed E-state index contributed by atoms with van der Waals surface area (Å²) in [6.07, 6.45) is 1.70. The lowest BCUT2D eigenvalue weighted by molar-refractivity contribution is -0.110. The van der Waals surface area contributed by atoms with Crippen LogP contribution in [0.25, 0.3) is 0 Å². The normalized spacial score (nSPS) is 25.1. The zero-order valence-corrected chi connectivity index (χ0v) is 10.9. The van der Waals surface area contributed by atoms with E-state index in [1.807, 2.05) is 18.2 Å². The maximum absolute atomic E-state index is 12.9. The van der Waals surface area contributed by atoms with Crippen LogP contribution < -0.4 is 0 Å². The van der Waals surface area contributed by atoms with Gasteiger partial charge in [0.2, 0.25) is 0 Å². The van der Waals surface area contributed by atoms with Crippen molar-refractivity contribution in [1.82, 2.24) is 0 Å². The molecule has 0 radical (unpaired) electrons. The fourth-order valence-electron chi connectivity index (χ4n) is 2.72. The molecule has 0 saturated heterocycles. The molecular weight excluding hydrogens is 263 g/mol. The van der Waals surface area contributed by atoms with Crippen molar-refractivity contribution in [2.45, 2.75) is 17.8 Å². The molecule has 3 rings (SSSR count). The maximum atomic E-state index is 12.9. The fraction of sp³-hybridized carbons (Fsp3) is 0.188. The Balaban J connectivity index is 1.99. The highest BCUT2D eigenvalue weighted by atomic mass is 35.5. The zero-order chi connectivity index (χ0) is 13.5. The lowest BCUT2D eigenvalue weighted by atomic mass is 9.92. The summed E-state index contributed by atoms with van der Waals surface area (Å²) in [5.41, 5.74) is 1.30. The number of aldehydes is 1. The van der Waals surface area contributed by atoms with Crippen LogP contribution in [-0.2, 0) is 10.2 Å². The van der Waals surface area contributed by atoms with Crippen LogP contribution in [0, 0.1) is 5.82 Å². The van der Waals surface area contributed by atoms with Crippen LogP contribution >= 0.6 is 11.6 Å². The second-order valence-corrected chi connectivity index (χ2v) is 5.35. The summed E-state index contributed by atoms with van der Waals surface area (Å²) in [4.78, 5) is 11.6. The molecule has 1 aliphatic rings. The third kappa shape index (κ3) is 1.96. The third-order valence-corrected chi connectivity index (χ3v) is 4.19. The van der Waals surface area contributed by atoms with E-state index in [-0.39, 0.29) is 11.7 Å². The van der Waals surface area contributed by atoms with E-state index in [4.69, 9.17) is 11.6 Å². The van der Waals surface area contributed by atoms with Gasteiger partial charge in [-0.25, -0.2) is 4.39 Å². The summed E-state index contributed by atoms with van der Waals surface area (Å²) in [6, 6.07) is 13.7. The molecule has 1 fully saturated rings. The van der Waals surface area contributed by atoms with Gasteiger partial charge in [-0.15, -0.1) is 0 Å². The number of halogens is 2. The first kappa shape index (κ1) is 12.4. The molecule has 2 aromatic rings. The van der Waals surface area contributed by atoms with E-state index in [9.17, 15) is 9.18 Å². The number of rotatable bonds is 3. The third-order valence-electron chi connectivity index (χ3n) is 3.86. The molecule has 0 heterocycles. The van der Waals surface area contributed by atoms with Gasteiger partial charge in [0.1, 0.15) is 12.1 Å². The minimum atomic E-state index is -0.545. The molecule has 1 saturated carbocycles. The summed E-state index contributed by atoms with van der Waals surface area (Å²) >= 11 is 6.19. The predicted molar refractivity (Wildman–Crippen MR) is 73.0 cm³/mol. The van der Waals surface area contributed by atoms with Gasteiger partial charge < -0.3 is 4.79 Å². The first-order valence-corrected chi connectivity index (χ1v) is 6.52. The lowest BCUT2D eigenvalue weighted by Crippen LogP contribution is -2.12. The molecule has 3 heteroatoms. The molecule has 0 aliphatic heterocycles. The average molecular weight is 275 g/mol. The molecule has 96 valence electrons. The molecule has 0 N–H and O–H groups in total. The Bertz CT molecular complexity index is 623. The van der Waals surface area contributed by atoms with Gasteiger partial charge in [-0.2, -0.15) is 0 Å². The fourth-order valence-corrected chi connectivity index (χ4v) is 3.03. The molecule has 0 aromatic heterocycles. The van der Waals surface area contributed by atoms with Gasteiger partial charge in [0.15, 0.2) is 0 Å². The number of hydrogen-bond donors (Lipinski definition) is 0. The topological polar surface area (TPSA) is 17.1 Å². The Morgan fingerprint density at radius 2 is 1.84 bits per heavy atom. The van der Waals surface area contributed by atoms with Gasteiger partial charge in [0, 0.05) is 10.9 Å². The van der Waals surface area contributed by atoms with Crippen LogP contribution in [0.4, 0.5) is 4.39 Å². The lowest BCUT2D eigenvalue weighted by Gasteiger charge is -2.12. The summed E-state index contributed by atoms with van der Waals surface area (Å²) in [6.45, 7) is 0. The summed E-state index contributed by atoms with van der Waals surface area (Å²) in [5, 5.41) is 0.610. The van der Waals surface area contributed by atoms with Crippen molar-refractivity contribution in [3.05, 3.63) is 70.5 Å². The Labute approximate surface area is 116 Å². The van der Waals surface area contributed by atoms with Gasteiger partial charge in [-0.3, -0.25) is 0 Å². The Morgan fingerprint density at radius 1 is 1.16 bits per heavy atom. The minimum Gasteiger partial charge on any atom is -0.302 e. The molecule has 2 aromatic carbocycles. The Kier molecular flexibility index (Phi) is 2.90. The molecule has 0 spiro atoms. The van der Waals surface area contributed by atoms with Gasteiger partial charge in [-0.05, 0) is 35.7 Å². The molecule has 1 aliphatic carbocycles. The smallest absolute Gasteiger partial charge is 0.131 e. The van der Waals surface area contributed by atoms with E-state index in [0.717, 1.165) is 23.8 Å². The van der Waals surface area contributed by atoms with E-state index in [0.29, 0.717) is 5.02 Å². The van der Waals surface area contributed by atoms with Crippen LogP contribution in [0.5, 0.6) is 0 Å². The second-order valence-electron chi connectivity index (χ2n) is 4.95. The standard InChI is InChI=1S/C16H12ClFO/c17-15-4-2-1-3-13(15)16(10-19)9-14(16)11-5-7-12(18)8-6-11/h1-8,10,14H,9H2/t14-,16+/m0/s1. The highest BCUT2D eigenvalue weighted by Gasteiger charge is 2.56. The number of hydrogen-bond acceptors (Lipinski definition) is 1. The van der Waals surface area contributed by atoms with Crippen LogP contribution in [0.1, 0.15) is 23.5 Å². The molecule has 2 atom stereocenters. The van der Waals surface area contributed by atoms with Crippen molar-refractivity contribution in [2.75, 3.05) is 0 Å². The van der Waals surface area contributed by atoms with E-state index in [2.05, 4.69) is 0 Å². The largest absolute Gasteiger partial charge is 0.302 e. The molecular formula is C16H12ClFO. The van der Waals surface area contributed by atoms with Crippen molar-refractivity contribution < 1.29 is 9.18 Å². The zero-order valence-electron chi connectivity index (χ0n) is 10.1. The van der Waals surface area contributed by atoms with E-state index < -0.39 is 5.41 Å². The maximum Gasteiger partial charge on any atom is 0.131 e. The van der Waals surface area contributed by atoms with E-state index in [1.165, 1.54) is 12.1 Å². The van der Waals surface area contributed by atoms with Crippen molar-refractivity contribution in [3.63, 3.8) is 0 Å². The van der Waals surface area contributed by atoms with Gasteiger partial charge in [-0.1, -0.05) is 41.9 Å². The van der Waals surface area contributed by atoms with Crippen LogP contribution in [0.2, 0.25) is 5.02 Å². The van der Waals surface area contributed by atoms with Crippen LogP contribution in [0.15, 0.2) is 48.5 Å². The molecule has 0 bridgehead atoms. The van der Waals surface area contributed by atoms with Crippen LogP contribution in [-0.4, -0.2) is 6.29 Å². The van der Waals surface area contributed by atoms with Crippen molar-refractivity contribution in [1.29, 1.82) is 0 Å². The minimum absolute atomic E-state index is 0.0884. The van der Waals surface area contributed by atoms with E-state index >= 15 is 0 Å². The second kappa shape index (κ2) is 4.46. The van der Waals surface area contributed by atoms with E-state index in [1.54, 1.807) is 18.2 Å². The van der Waals surface area contributed by atoms with Crippen LogP contribution in [0.3, 0.4) is 0 Å². The Hall–Kier alpha value is -1.67. The summed E-state index contributed by atoms with van der Waals surface area (Å²) in [7, 11) is 0. The number of carbonyl (C=O) groups is 1. The van der Waals surface area contributed by atoms with Crippen molar-refractivity contribution >= 4 is 17.9 Å². The number of benzene rings is 2. The molecule has 0 amide bonds. The van der Waals surface area contributed by atoms with Gasteiger partial charge in [0.25, 0.3) is 0 Å². The molecule has 0 unspecified atom stereocenters. The molecule has 19 heavy (non-hydrogen) atoms. The van der Waals surface area contributed by atoms with Gasteiger partial charge in [0.05, 0.1) is 5.41 Å². The van der Waals surface area contributed by atoms with Gasteiger partial charge >= 0.3 is 0 Å². The highest BCUT2D eigenvalue weighted by Crippen LogP contribution is 2.60.